The van der Waals surface area contributed by atoms with Gasteiger partial charge in [-0.25, -0.2) is 0 Å². The summed E-state index contributed by atoms with van der Waals surface area (Å²) >= 11 is 0. The van der Waals surface area contributed by atoms with Gasteiger partial charge in [0.05, 0.1) is 6.04 Å². The number of nitrogens with two attached hydrogens (primary N) is 1. The van der Waals surface area contributed by atoms with Crippen molar-refractivity contribution in [3.8, 4) is 12.3 Å². The second kappa shape index (κ2) is 4.33. The van der Waals surface area contributed by atoms with Gasteiger partial charge in [-0.3, -0.25) is 0 Å². The Bertz CT molecular complexity index is 377. The first-order valence-corrected chi connectivity index (χ1v) is 4.30. The lowest BCUT2D eigenvalue weighted by Gasteiger charge is -2.12. The van der Waals surface area contributed by atoms with Crippen LogP contribution in [0.25, 0.3) is 0 Å². The lowest BCUT2D eigenvalue weighted by molar-refractivity contribution is 1.03. The molecule has 0 aliphatic heterocycles. The summed E-state index contributed by atoms with van der Waals surface area (Å²) in [5.41, 5.74) is 7.86. The molecule has 0 bridgehead atoms. The van der Waals surface area contributed by atoms with Crippen molar-refractivity contribution in [1.29, 1.82) is 5.41 Å². The highest BCUT2D eigenvalue weighted by Gasteiger charge is 2.02. The highest BCUT2D eigenvalue weighted by Crippen LogP contribution is 2.18. The van der Waals surface area contributed by atoms with Gasteiger partial charge in [0, 0.05) is 23.2 Å². The van der Waals surface area contributed by atoms with Crippen LogP contribution in [-0.4, -0.2) is 12.3 Å². The smallest absolute Gasteiger partial charge is 0.0846 e. The van der Waals surface area contributed by atoms with E-state index in [1.807, 2.05) is 6.92 Å². The number of nitrogens with one attached hydrogen (secondary N) is 2. The molecule has 0 unspecified atom stereocenters. The molecule has 3 nitrogen and oxygen atoms in total. The first-order chi connectivity index (χ1) is 6.67. The second-order valence-corrected chi connectivity index (χ2v) is 3.02. The Morgan fingerprint density at radius 3 is 2.93 bits per heavy atom. The van der Waals surface area contributed by atoms with Crippen molar-refractivity contribution < 1.29 is 0 Å². The highest BCUT2D eigenvalue weighted by molar-refractivity contribution is 5.87. The summed E-state index contributed by atoms with van der Waals surface area (Å²) in [6.07, 6.45) is 6.52. The van der Waals surface area contributed by atoms with Crippen molar-refractivity contribution in [3.05, 3.63) is 23.8 Å². The lowest BCUT2D eigenvalue weighted by atomic mass is 10.1. The Hall–Kier alpha value is -1.95. The van der Waals surface area contributed by atoms with Gasteiger partial charge < -0.3 is 16.5 Å². The predicted molar refractivity (Wildman–Crippen MR) is 60.7 cm³/mol. The molecule has 3 heteroatoms. The molecule has 14 heavy (non-hydrogen) atoms. The van der Waals surface area contributed by atoms with Crippen LogP contribution in [0, 0.1) is 17.8 Å². The Labute approximate surface area is 83.8 Å². The van der Waals surface area contributed by atoms with E-state index in [0.717, 1.165) is 11.3 Å². The molecule has 0 heterocycles. The molecule has 0 spiro atoms. The maximum Gasteiger partial charge on any atom is 0.0846 e. The van der Waals surface area contributed by atoms with Crippen molar-refractivity contribution >= 4 is 17.6 Å². The zero-order valence-corrected chi connectivity index (χ0v) is 8.04. The molecule has 1 aromatic carbocycles. The van der Waals surface area contributed by atoms with Crippen molar-refractivity contribution in [2.45, 2.75) is 13.0 Å². The number of terminal acetylenes is 1. The average molecular weight is 187 g/mol. The zero-order valence-electron chi connectivity index (χ0n) is 8.04. The molecule has 1 rings (SSSR count). The SMILES string of the molecule is C#C[C@@H](C)Nc1cc(N)ccc1C=N. The minimum Gasteiger partial charge on any atom is -0.399 e. The summed E-state index contributed by atoms with van der Waals surface area (Å²) < 4.78 is 0. The predicted octanol–water partition coefficient (Wildman–Crippen LogP) is 1.70. The van der Waals surface area contributed by atoms with Crippen LogP contribution in [0.5, 0.6) is 0 Å². The van der Waals surface area contributed by atoms with E-state index in [1.165, 1.54) is 6.21 Å². The van der Waals surface area contributed by atoms with Gasteiger partial charge in [-0.1, -0.05) is 5.92 Å². The minimum atomic E-state index is -0.0736. The molecular weight excluding hydrogens is 174 g/mol. The fraction of sp³-hybridized carbons (Fsp3) is 0.182. The first-order valence-electron chi connectivity index (χ1n) is 4.30. The summed E-state index contributed by atoms with van der Waals surface area (Å²) in [6.45, 7) is 1.87. The molecule has 72 valence electrons. The van der Waals surface area contributed by atoms with Gasteiger partial charge in [-0.2, -0.15) is 0 Å². The van der Waals surface area contributed by atoms with E-state index >= 15 is 0 Å². The topological polar surface area (TPSA) is 61.9 Å². The maximum atomic E-state index is 7.20. The largest absolute Gasteiger partial charge is 0.399 e. The van der Waals surface area contributed by atoms with Crippen LogP contribution >= 0.6 is 0 Å². The Morgan fingerprint density at radius 2 is 2.36 bits per heavy atom. The van der Waals surface area contributed by atoms with Gasteiger partial charge in [0.25, 0.3) is 0 Å². The van der Waals surface area contributed by atoms with Gasteiger partial charge in [0.1, 0.15) is 0 Å². The van der Waals surface area contributed by atoms with E-state index in [4.69, 9.17) is 17.6 Å². The molecular formula is C11H13N3. The molecule has 1 aromatic rings. The van der Waals surface area contributed by atoms with Crippen LogP contribution in [-0.2, 0) is 0 Å². The molecule has 0 radical (unpaired) electrons. The van der Waals surface area contributed by atoms with E-state index in [1.54, 1.807) is 18.2 Å². The van der Waals surface area contributed by atoms with Crippen molar-refractivity contribution in [2.24, 2.45) is 0 Å². The van der Waals surface area contributed by atoms with Crippen molar-refractivity contribution in [1.82, 2.24) is 0 Å². The zero-order chi connectivity index (χ0) is 10.6. The molecule has 0 saturated carbocycles. The molecule has 0 saturated heterocycles. The monoisotopic (exact) mass is 187 g/mol. The minimum absolute atomic E-state index is 0.0736. The number of hydrogen-bond donors (Lipinski definition) is 3. The quantitative estimate of drug-likeness (QED) is 0.383. The van der Waals surface area contributed by atoms with Crippen molar-refractivity contribution in [3.63, 3.8) is 0 Å². The van der Waals surface area contributed by atoms with Crippen LogP contribution in [0.15, 0.2) is 18.2 Å². The van der Waals surface area contributed by atoms with Crippen LogP contribution in [0.2, 0.25) is 0 Å². The van der Waals surface area contributed by atoms with E-state index in [-0.39, 0.29) is 6.04 Å². The third-order valence-electron chi connectivity index (χ3n) is 1.85. The summed E-state index contributed by atoms with van der Waals surface area (Å²) in [5, 5.41) is 10.3. The molecule has 0 aromatic heterocycles. The summed E-state index contributed by atoms with van der Waals surface area (Å²) in [4.78, 5) is 0. The van der Waals surface area contributed by atoms with Crippen LogP contribution < -0.4 is 11.1 Å². The molecule has 1 atom stereocenters. The molecule has 0 amide bonds. The Morgan fingerprint density at radius 1 is 1.64 bits per heavy atom. The van der Waals surface area contributed by atoms with Crippen LogP contribution in [0.4, 0.5) is 11.4 Å². The van der Waals surface area contributed by atoms with Gasteiger partial charge in [-0.15, -0.1) is 6.42 Å². The Balaban J connectivity index is 3.00. The van der Waals surface area contributed by atoms with E-state index in [2.05, 4.69) is 11.2 Å². The second-order valence-electron chi connectivity index (χ2n) is 3.02. The number of hydrogen-bond acceptors (Lipinski definition) is 3. The van der Waals surface area contributed by atoms with Gasteiger partial charge in [0.15, 0.2) is 0 Å². The molecule has 0 aliphatic rings. The van der Waals surface area contributed by atoms with E-state index < -0.39 is 0 Å². The third kappa shape index (κ3) is 2.27. The van der Waals surface area contributed by atoms with E-state index in [0.29, 0.717) is 5.69 Å². The number of benzene rings is 1. The average Bonchev–Trinajstić information content (AvgIpc) is 2.18. The highest BCUT2D eigenvalue weighted by atomic mass is 14.9. The maximum absolute atomic E-state index is 7.20. The van der Waals surface area contributed by atoms with Gasteiger partial charge in [0.2, 0.25) is 0 Å². The third-order valence-corrected chi connectivity index (χ3v) is 1.85. The molecule has 4 N–H and O–H groups in total. The van der Waals surface area contributed by atoms with Gasteiger partial charge >= 0.3 is 0 Å². The molecule has 0 fully saturated rings. The summed E-state index contributed by atoms with van der Waals surface area (Å²) in [5.74, 6) is 2.56. The Kier molecular flexibility index (Phi) is 3.14. The normalized spacial score (nSPS) is 11.4. The van der Waals surface area contributed by atoms with Crippen LogP contribution in [0.1, 0.15) is 12.5 Å². The fourth-order valence-corrected chi connectivity index (χ4v) is 1.10. The number of rotatable bonds is 3. The van der Waals surface area contributed by atoms with E-state index in [9.17, 15) is 0 Å². The summed E-state index contributed by atoms with van der Waals surface area (Å²) in [6, 6.07) is 5.24. The standard InChI is InChI=1S/C11H13N3/c1-3-8(2)14-11-6-10(13)5-4-9(11)7-12/h1,4-8,12,14H,13H2,2H3/t8-/m1/s1. The fourth-order valence-electron chi connectivity index (χ4n) is 1.10. The van der Waals surface area contributed by atoms with Crippen molar-refractivity contribution in [2.75, 3.05) is 11.1 Å². The molecule has 0 aliphatic carbocycles. The lowest BCUT2D eigenvalue weighted by Crippen LogP contribution is -2.13. The first kappa shape index (κ1) is 10.1. The number of anilines is 2. The van der Waals surface area contributed by atoms with Gasteiger partial charge in [-0.05, 0) is 25.1 Å². The summed E-state index contributed by atoms with van der Waals surface area (Å²) in [7, 11) is 0. The number of nitrogen functional groups attached to an aromatic ring is 1. The van der Waals surface area contributed by atoms with Crippen LogP contribution in [0.3, 0.4) is 0 Å².